The minimum Gasteiger partial charge on any atom is -0.349 e. The van der Waals surface area contributed by atoms with Crippen LogP contribution in [-0.2, 0) is 4.79 Å². The number of amides is 2. The number of anilines is 1. The van der Waals surface area contributed by atoms with E-state index in [1.807, 2.05) is 30.3 Å². The Balaban J connectivity index is 1.41. The number of nitrogens with zero attached hydrogens (tertiary/aromatic N) is 2. The summed E-state index contributed by atoms with van der Waals surface area (Å²) in [6, 6.07) is 15.1. The van der Waals surface area contributed by atoms with Gasteiger partial charge in [-0.25, -0.2) is 9.97 Å². The van der Waals surface area contributed by atoms with E-state index in [0.29, 0.717) is 11.3 Å². The molecule has 0 aliphatic heterocycles. The van der Waals surface area contributed by atoms with Crippen LogP contribution in [0.25, 0.3) is 10.9 Å². The van der Waals surface area contributed by atoms with Gasteiger partial charge in [-0.15, -0.1) is 0 Å². The SMILES string of the molecule is O=C(CSc1ncnc2ccccc12)Nc1ccccc1C(=O)NC1CCCC1. The minimum atomic E-state index is -0.182. The summed E-state index contributed by atoms with van der Waals surface area (Å²) in [7, 11) is 0. The minimum absolute atomic E-state index is 0.137. The Kier molecular flexibility index (Phi) is 6.05. The number of aromatic nitrogens is 2. The Morgan fingerprint density at radius 1 is 1.00 bits per heavy atom. The molecular weight excluding hydrogens is 384 g/mol. The van der Waals surface area contributed by atoms with Crippen LogP contribution in [0.1, 0.15) is 36.0 Å². The zero-order valence-electron chi connectivity index (χ0n) is 15.9. The predicted molar refractivity (Wildman–Crippen MR) is 115 cm³/mol. The maximum atomic E-state index is 12.6. The number of fused-ring (bicyclic) bond motifs is 1. The molecular formula is C22H22N4O2S. The second-order valence-corrected chi connectivity index (χ2v) is 8.00. The quantitative estimate of drug-likeness (QED) is 0.477. The zero-order valence-corrected chi connectivity index (χ0v) is 16.7. The lowest BCUT2D eigenvalue weighted by molar-refractivity contribution is -0.113. The molecule has 1 aromatic heterocycles. The Bertz CT molecular complexity index is 1030. The molecule has 0 bridgehead atoms. The molecule has 2 N–H and O–H groups in total. The average molecular weight is 407 g/mol. The first-order valence-corrected chi connectivity index (χ1v) is 10.7. The van der Waals surface area contributed by atoms with E-state index in [0.717, 1.165) is 41.6 Å². The summed E-state index contributed by atoms with van der Waals surface area (Å²) in [4.78, 5) is 33.7. The van der Waals surface area contributed by atoms with Crippen molar-refractivity contribution in [1.82, 2.24) is 15.3 Å². The van der Waals surface area contributed by atoms with Crippen LogP contribution in [0.15, 0.2) is 59.9 Å². The summed E-state index contributed by atoms with van der Waals surface area (Å²) in [6.45, 7) is 0. The molecule has 0 spiro atoms. The van der Waals surface area contributed by atoms with Gasteiger partial charge in [0, 0.05) is 11.4 Å². The number of rotatable bonds is 6. The largest absolute Gasteiger partial charge is 0.349 e. The zero-order chi connectivity index (χ0) is 20.1. The monoisotopic (exact) mass is 406 g/mol. The van der Waals surface area contributed by atoms with Gasteiger partial charge in [0.2, 0.25) is 5.91 Å². The van der Waals surface area contributed by atoms with Crippen molar-refractivity contribution in [2.24, 2.45) is 0 Å². The van der Waals surface area contributed by atoms with Crippen LogP contribution in [0.4, 0.5) is 5.69 Å². The van der Waals surface area contributed by atoms with Crippen LogP contribution in [0.3, 0.4) is 0 Å². The first-order valence-electron chi connectivity index (χ1n) is 9.73. The number of benzene rings is 2. The number of para-hydroxylation sites is 2. The molecule has 6 nitrogen and oxygen atoms in total. The van der Waals surface area contributed by atoms with Crippen molar-refractivity contribution >= 4 is 40.2 Å². The van der Waals surface area contributed by atoms with Crippen molar-refractivity contribution in [2.75, 3.05) is 11.1 Å². The number of thioether (sulfide) groups is 1. The summed E-state index contributed by atoms with van der Waals surface area (Å²) in [6.07, 6.45) is 5.84. The molecule has 0 radical (unpaired) electrons. The van der Waals surface area contributed by atoms with Gasteiger partial charge in [0.25, 0.3) is 5.91 Å². The lowest BCUT2D eigenvalue weighted by atomic mass is 10.1. The van der Waals surface area contributed by atoms with Crippen LogP contribution < -0.4 is 10.6 Å². The first-order chi connectivity index (χ1) is 14.2. The summed E-state index contributed by atoms with van der Waals surface area (Å²) >= 11 is 1.35. The highest BCUT2D eigenvalue weighted by atomic mass is 32.2. The highest BCUT2D eigenvalue weighted by Crippen LogP contribution is 2.25. The van der Waals surface area contributed by atoms with E-state index in [9.17, 15) is 9.59 Å². The van der Waals surface area contributed by atoms with E-state index in [1.54, 1.807) is 18.2 Å². The Hall–Kier alpha value is -2.93. The molecule has 1 aliphatic rings. The van der Waals surface area contributed by atoms with Gasteiger partial charge >= 0.3 is 0 Å². The molecule has 2 aromatic carbocycles. The second kappa shape index (κ2) is 9.05. The number of carbonyl (C=O) groups excluding carboxylic acids is 2. The van der Waals surface area contributed by atoms with Crippen LogP contribution in [0.5, 0.6) is 0 Å². The van der Waals surface area contributed by atoms with Crippen molar-refractivity contribution in [3.63, 3.8) is 0 Å². The van der Waals surface area contributed by atoms with E-state index in [2.05, 4.69) is 20.6 Å². The van der Waals surface area contributed by atoms with Gasteiger partial charge in [0.05, 0.1) is 22.5 Å². The van der Waals surface area contributed by atoms with Gasteiger partial charge in [0.1, 0.15) is 11.4 Å². The summed E-state index contributed by atoms with van der Waals surface area (Å²) in [5.74, 6) is -0.124. The fraction of sp³-hybridized carbons (Fsp3) is 0.273. The van der Waals surface area contributed by atoms with Gasteiger partial charge < -0.3 is 10.6 Å². The van der Waals surface area contributed by atoms with Crippen molar-refractivity contribution in [3.8, 4) is 0 Å². The van der Waals surface area contributed by atoms with Gasteiger partial charge in [-0.3, -0.25) is 9.59 Å². The third-order valence-corrected chi connectivity index (χ3v) is 5.99. The second-order valence-electron chi connectivity index (χ2n) is 7.03. The third-order valence-electron chi connectivity index (χ3n) is 4.98. The molecule has 1 fully saturated rings. The van der Waals surface area contributed by atoms with E-state index in [1.165, 1.54) is 18.1 Å². The van der Waals surface area contributed by atoms with Crippen molar-refractivity contribution < 1.29 is 9.59 Å². The molecule has 1 aliphatic carbocycles. The van der Waals surface area contributed by atoms with E-state index in [-0.39, 0.29) is 23.6 Å². The first kappa shape index (κ1) is 19.4. The van der Waals surface area contributed by atoms with Crippen LogP contribution in [0, 0.1) is 0 Å². The Labute approximate surface area is 173 Å². The number of carbonyl (C=O) groups is 2. The van der Waals surface area contributed by atoms with Gasteiger partial charge in [-0.1, -0.05) is 54.9 Å². The molecule has 4 rings (SSSR count). The molecule has 3 aromatic rings. The fourth-order valence-corrected chi connectivity index (χ4v) is 4.33. The summed E-state index contributed by atoms with van der Waals surface area (Å²) in [5.41, 5.74) is 1.87. The molecule has 0 unspecified atom stereocenters. The lowest BCUT2D eigenvalue weighted by Crippen LogP contribution is -2.33. The normalized spacial score (nSPS) is 14.1. The molecule has 29 heavy (non-hydrogen) atoms. The Morgan fingerprint density at radius 3 is 2.62 bits per heavy atom. The fourth-order valence-electron chi connectivity index (χ4n) is 3.54. The third kappa shape index (κ3) is 4.74. The van der Waals surface area contributed by atoms with E-state index in [4.69, 9.17) is 0 Å². The molecule has 1 saturated carbocycles. The summed E-state index contributed by atoms with van der Waals surface area (Å²) in [5, 5.41) is 7.63. The smallest absolute Gasteiger partial charge is 0.253 e. The molecule has 2 amide bonds. The van der Waals surface area contributed by atoms with Crippen LogP contribution in [0.2, 0.25) is 0 Å². The molecule has 0 saturated heterocycles. The van der Waals surface area contributed by atoms with Gasteiger partial charge in [-0.05, 0) is 31.0 Å². The van der Waals surface area contributed by atoms with Gasteiger partial charge in [0.15, 0.2) is 0 Å². The van der Waals surface area contributed by atoms with Gasteiger partial charge in [-0.2, -0.15) is 0 Å². The van der Waals surface area contributed by atoms with Crippen molar-refractivity contribution in [2.45, 2.75) is 36.8 Å². The molecule has 148 valence electrons. The number of nitrogens with one attached hydrogen (secondary N) is 2. The maximum absolute atomic E-state index is 12.6. The van der Waals surface area contributed by atoms with E-state index < -0.39 is 0 Å². The lowest BCUT2D eigenvalue weighted by Gasteiger charge is -2.15. The van der Waals surface area contributed by atoms with E-state index >= 15 is 0 Å². The molecule has 1 heterocycles. The average Bonchev–Trinajstić information content (AvgIpc) is 3.25. The number of hydrogen-bond donors (Lipinski definition) is 2. The molecule has 7 heteroatoms. The van der Waals surface area contributed by atoms with Crippen LogP contribution >= 0.6 is 11.8 Å². The molecule has 0 atom stereocenters. The number of hydrogen-bond acceptors (Lipinski definition) is 5. The Morgan fingerprint density at radius 2 is 1.76 bits per heavy atom. The highest BCUT2D eigenvalue weighted by molar-refractivity contribution is 8.00. The standard InChI is InChI=1S/C22H22N4O2S/c27-20(13-29-22-17-10-4-5-11-18(17)23-14-24-22)26-19-12-6-3-9-16(19)21(28)25-15-7-1-2-8-15/h3-6,9-12,14-15H,1-2,7-8,13H2,(H,25,28)(H,26,27). The highest BCUT2D eigenvalue weighted by Gasteiger charge is 2.20. The topological polar surface area (TPSA) is 84.0 Å². The summed E-state index contributed by atoms with van der Waals surface area (Å²) < 4.78 is 0. The predicted octanol–water partition coefficient (Wildman–Crippen LogP) is 4.03. The van der Waals surface area contributed by atoms with Crippen molar-refractivity contribution in [1.29, 1.82) is 0 Å². The maximum Gasteiger partial charge on any atom is 0.253 e. The van der Waals surface area contributed by atoms with Crippen LogP contribution in [-0.4, -0.2) is 33.6 Å². The van der Waals surface area contributed by atoms with Crippen molar-refractivity contribution in [3.05, 3.63) is 60.4 Å².